The van der Waals surface area contributed by atoms with Crippen LogP contribution in [0, 0.1) is 23.7 Å². The molecule has 3 atom stereocenters. The highest BCUT2D eigenvalue weighted by Crippen LogP contribution is 2.35. The van der Waals surface area contributed by atoms with Gasteiger partial charge in [-0.25, -0.2) is 16.8 Å². The van der Waals surface area contributed by atoms with E-state index in [1.54, 1.807) is 31.2 Å². The number of fused-ring (bicyclic) bond motifs is 1. The van der Waals surface area contributed by atoms with Crippen molar-refractivity contribution in [3.8, 4) is 23.3 Å². The van der Waals surface area contributed by atoms with Gasteiger partial charge in [0.05, 0.1) is 25.2 Å². The predicted molar refractivity (Wildman–Crippen MR) is 157 cm³/mol. The molecule has 9 nitrogen and oxygen atoms in total. The summed E-state index contributed by atoms with van der Waals surface area (Å²) in [7, 11) is -4.89. The zero-order valence-electron chi connectivity index (χ0n) is 24.1. The highest BCUT2D eigenvalue weighted by molar-refractivity contribution is 7.89. The number of rotatable bonds is 7. The minimum absolute atomic E-state index is 0.0195. The van der Waals surface area contributed by atoms with Crippen molar-refractivity contribution in [2.75, 3.05) is 33.9 Å². The number of aliphatic hydroxyl groups is 1. The number of sulfonamides is 2. The van der Waals surface area contributed by atoms with Crippen LogP contribution in [0.3, 0.4) is 0 Å². The Bertz CT molecular complexity index is 1470. The fraction of sp³-hybridized carbons (Fsp3) is 0.533. The molecule has 4 rings (SSSR count). The summed E-state index contributed by atoms with van der Waals surface area (Å²) in [5.74, 6) is 7.12. The first-order valence-electron chi connectivity index (χ1n) is 14.0. The van der Waals surface area contributed by atoms with Crippen LogP contribution in [-0.4, -0.2) is 76.6 Å². The topological polar surface area (TPSA) is 113 Å². The number of benzene rings is 2. The number of aliphatic hydroxyl groups excluding tert-OH is 1. The van der Waals surface area contributed by atoms with Crippen LogP contribution in [0.2, 0.25) is 0 Å². The largest absolute Gasteiger partial charge is 0.497 e. The maximum atomic E-state index is 13.7. The Kier molecular flexibility index (Phi) is 10.0. The van der Waals surface area contributed by atoms with E-state index in [-0.39, 0.29) is 35.2 Å². The normalized spacial score (nSPS) is 22.4. The number of hydrogen-bond donors (Lipinski definition) is 1. The van der Waals surface area contributed by atoms with E-state index < -0.39 is 38.1 Å². The first-order chi connectivity index (χ1) is 19.5. The van der Waals surface area contributed by atoms with Gasteiger partial charge in [-0.15, -0.1) is 0 Å². The summed E-state index contributed by atoms with van der Waals surface area (Å²) in [6, 6.07) is 10.3. The maximum absolute atomic E-state index is 13.7. The summed E-state index contributed by atoms with van der Waals surface area (Å²) in [6.07, 6.45) is 4.99. The number of hydrogen-bond acceptors (Lipinski definition) is 7. The molecular weight excluding hydrogens is 564 g/mol. The van der Waals surface area contributed by atoms with Crippen molar-refractivity contribution in [1.82, 2.24) is 8.61 Å². The van der Waals surface area contributed by atoms with E-state index in [2.05, 4.69) is 11.8 Å². The lowest BCUT2D eigenvalue weighted by molar-refractivity contribution is 0.0904. The average molecular weight is 605 g/mol. The van der Waals surface area contributed by atoms with Crippen molar-refractivity contribution in [3.63, 3.8) is 0 Å². The van der Waals surface area contributed by atoms with Crippen molar-refractivity contribution in [3.05, 3.63) is 48.0 Å². The summed E-state index contributed by atoms with van der Waals surface area (Å²) >= 11 is 0. The molecular formula is C30H40N2O7S2. The molecule has 0 saturated heterocycles. The summed E-state index contributed by atoms with van der Waals surface area (Å²) in [5, 5.41) is 9.88. The molecule has 0 aromatic heterocycles. The quantitative estimate of drug-likeness (QED) is 0.480. The molecule has 2 aromatic rings. The molecule has 1 saturated carbocycles. The van der Waals surface area contributed by atoms with Gasteiger partial charge in [0, 0.05) is 37.0 Å². The van der Waals surface area contributed by atoms with Crippen LogP contribution in [0.25, 0.3) is 0 Å². The Morgan fingerprint density at radius 2 is 1.83 bits per heavy atom. The lowest BCUT2D eigenvalue weighted by atomic mass is 9.90. The van der Waals surface area contributed by atoms with Crippen molar-refractivity contribution < 1.29 is 31.4 Å². The standard InChI is InChI=1S/C30H40N2O7S2/c1-22-19-32(23(2)21-33)41(36,37)30-17-12-25(11-10-24-8-6-5-7-9-24)18-28(30)39-29(22)20-31(3)40(34,35)27-15-13-26(38-4)14-16-27/h12-18,22-24,29,33H,5-9,19-21H2,1-4H3/t22-,23-,29+/m1/s1. The van der Waals surface area contributed by atoms with E-state index in [0.717, 1.165) is 25.7 Å². The molecule has 1 fully saturated rings. The Morgan fingerprint density at radius 1 is 1.15 bits per heavy atom. The van der Waals surface area contributed by atoms with Crippen LogP contribution < -0.4 is 9.47 Å². The van der Waals surface area contributed by atoms with Gasteiger partial charge in [0.25, 0.3) is 0 Å². The minimum atomic E-state index is -4.01. The van der Waals surface area contributed by atoms with Gasteiger partial charge in [-0.05, 0) is 62.2 Å². The molecule has 0 bridgehead atoms. The van der Waals surface area contributed by atoms with Crippen molar-refractivity contribution in [1.29, 1.82) is 0 Å². The zero-order chi connectivity index (χ0) is 29.8. The second kappa shape index (κ2) is 13.1. The van der Waals surface area contributed by atoms with Gasteiger partial charge in [-0.2, -0.15) is 8.61 Å². The molecule has 41 heavy (non-hydrogen) atoms. The Balaban J connectivity index is 1.69. The first-order valence-corrected chi connectivity index (χ1v) is 16.9. The number of ether oxygens (including phenoxy) is 2. The maximum Gasteiger partial charge on any atom is 0.247 e. The summed E-state index contributed by atoms with van der Waals surface area (Å²) in [6.45, 7) is 3.14. The Morgan fingerprint density at radius 3 is 2.46 bits per heavy atom. The molecule has 0 radical (unpaired) electrons. The van der Waals surface area contributed by atoms with Crippen LogP contribution in [0.1, 0.15) is 51.5 Å². The third-order valence-electron chi connectivity index (χ3n) is 7.90. The number of likely N-dealkylation sites (N-methyl/N-ethyl adjacent to an activating group) is 1. The van der Waals surface area contributed by atoms with Gasteiger partial charge in [-0.1, -0.05) is 38.0 Å². The molecule has 2 aromatic carbocycles. The van der Waals surface area contributed by atoms with Gasteiger partial charge in [0.15, 0.2) is 0 Å². The van der Waals surface area contributed by atoms with Crippen molar-refractivity contribution in [2.24, 2.45) is 11.8 Å². The van der Waals surface area contributed by atoms with Gasteiger partial charge in [0.2, 0.25) is 20.0 Å². The molecule has 1 aliphatic carbocycles. The minimum Gasteiger partial charge on any atom is -0.497 e. The third-order valence-corrected chi connectivity index (χ3v) is 11.8. The van der Waals surface area contributed by atoms with E-state index in [1.807, 2.05) is 6.92 Å². The van der Waals surface area contributed by atoms with Crippen LogP contribution >= 0.6 is 0 Å². The van der Waals surface area contributed by atoms with E-state index in [4.69, 9.17) is 9.47 Å². The van der Waals surface area contributed by atoms with E-state index in [1.165, 1.54) is 47.4 Å². The van der Waals surface area contributed by atoms with Crippen LogP contribution in [0.4, 0.5) is 0 Å². The van der Waals surface area contributed by atoms with Crippen LogP contribution in [-0.2, 0) is 20.0 Å². The Labute approximate surface area is 244 Å². The summed E-state index contributed by atoms with van der Waals surface area (Å²) in [5.41, 5.74) is 0.637. The molecule has 1 aliphatic heterocycles. The van der Waals surface area contributed by atoms with E-state index in [9.17, 15) is 21.9 Å². The van der Waals surface area contributed by atoms with Gasteiger partial charge >= 0.3 is 0 Å². The molecule has 1 N–H and O–H groups in total. The predicted octanol–water partition coefficient (Wildman–Crippen LogP) is 3.72. The number of methoxy groups -OCH3 is 1. The zero-order valence-corrected chi connectivity index (χ0v) is 25.7. The van der Waals surface area contributed by atoms with E-state index in [0.29, 0.717) is 17.2 Å². The molecule has 0 unspecified atom stereocenters. The monoisotopic (exact) mass is 604 g/mol. The fourth-order valence-electron chi connectivity index (χ4n) is 5.23. The third kappa shape index (κ3) is 7.07. The second-order valence-electron chi connectivity index (χ2n) is 11.0. The lowest BCUT2D eigenvalue weighted by Gasteiger charge is -2.37. The molecule has 0 amide bonds. The van der Waals surface area contributed by atoms with Gasteiger partial charge < -0.3 is 14.6 Å². The second-order valence-corrected chi connectivity index (χ2v) is 14.9. The van der Waals surface area contributed by atoms with Crippen LogP contribution in [0.5, 0.6) is 11.5 Å². The highest BCUT2D eigenvalue weighted by atomic mass is 32.2. The number of nitrogens with zero attached hydrogens (tertiary/aromatic N) is 2. The summed E-state index contributed by atoms with van der Waals surface area (Å²) in [4.78, 5) is 0.0802. The molecule has 11 heteroatoms. The lowest BCUT2D eigenvalue weighted by Crippen LogP contribution is -2.50. The van der Waals surface area contributed by atoms with Crippen molar-refractivity contribution >= 4 is 20.0 Å². The SMILES string of the molecule is COc1ccc(S(=O)(=O)N(C)C[C@@H]2Oc3cc(C#CC4CCCCC4)ccc3S(=O)(=O)N([C@H](C)CO)C[C@H]2C)cc1. The van der Waals surface area contributed by atoms with E-state index >= 15 is 0 Å². The smallest absolute Gasteiger partial charge is 0.247 e. The molecule has 224 valence electrons. The average Bonchev–Trinajstić information content (AvgIpc) is 2.97. The fourth-order valence-corrected chi connectivity index (χ4v) is 8.24. The first kappa shape index (κ1) is 31.3. The highest BCUT2D eigenvalue weighted by Gasteiger charge is 2.39. The molecule has 2 aliphatic rings. The van der Waals surface area contributed by atoms with Gasteiger partial charge in [-0.3, -0.25) is 0 Å². The van der Waals surface area contributed by atoms with Gasteiger partial charge in [0.1, 0.15) is 22.5 Å². The molecule has 0 spiro atoms. The summed E-state index contributed by atoms with van der Waals surface area (Å²) < 4.78 is 68.3. The van der Waals surface area contributed by atoms with Crippen molar-refractivity contribution in [2.45, 2.75) is 67.9 Å². The van der Waals surface area contributed by atoms with Crippen LogP contribution in [0.15, 0.2) is 52.3 Å². The Hall–Kier alpha value is -2.62. The molecule has 1 heterocycles.